The molecule has 1 fully saturated rings. The zero-order chi connectivity index (χ0) is 34.8. The lowest BCUT2D eigenvalue weighted by Gasteiger charge is -2.27. The fraction of sp³-hybridized carbons (Fsp3) is 0.318. The van der Waals surface area contributed by atoms with Crippen molar-refractivity contribution in [3.05, 3.63) is 48.4 Å². The van der Waals surface area contributed by atoms with E-state index in [1.807, 2.05) is 23.9 Å². The summed E-state index contributed by atoms with van der Waals surface area (Å²) in [6, 6.07) is 7.33. The monoisotopic (exact) mass is 684 g/mol. The number of carboxylic acid groups (broad SMARTS) is 3. The van der Waals surface area contributed by atoms with Crippen LogP contribution < -0.4 is 10.2 Å². The Morgan fingerprint density at radius 1 is 0.911 bits per heavy atom. The third kappa shape index (κ3) is 15.5. The molecular weight excluding hydrogens is 663 g/mol. The molecule has 4 heterocycles. The van der Waals surface area contributed by atoms with Gasteiger partial charge in [-0.05, 0) is 24.3 Å². The van der Waals surface area contributed by atoms with Gasteiger partial charge in [0.2, 0.25) is 0 Å². The summed E-state index contributed by atoms with van der Waals surface area (Å²) in [4.78, 5) is 48.4. The third-order valence-electron chi connectivity index (χ3n) is 4.37. The number of carbonyl (C=O) groups is 4. The van der Waals surface area contributed by atoms with Crippen LogP contribution in [0.4, 0.5) is 51.1 Å². The molecule has 0 saturated carbocycles. The summed E-state index contributed by atoms with van der Waals surface area (Å²) in [5.74, 6) is 0.659. The van der Waals surface area contributed by atoms with Crippen LogP contribution in [0.2, 0.25) is 0 Å². The van der Waals surface area contributed by atoms with Crippen LogP contribution in [0.25, 0.3) is 5.65 Å². The van der Waals surface area contributed by atoms with Crippen LogP contribution in [0.1, 0.15) is 10.4 Å². The number of pyridine rings is 1. The van der Waals surface area contributed by atoms with Crippen LogP contribution in [0.3, 0.4) is 0 Å². The van der Waals surface area contributed by atoms with Crippen LogP contribution in [0, 0.1) is 0 Å². The summed E-state index contributed by atoms with van der Waals surface area (Å²) >= 11 is 1.96. The number of amides is 1. The Morgan fingerprint density at radius 3 is 1.84 bits per heavy atom. The number of fused-ring (bicyclic) bond motifs is 1. The van der Waals surface area contributed by atoms with Crippen molar-refractivity contribution >= 4 is 53.9 Å². The minimum Gasteiger partial charge on any atom is -0.483 e. The lowest BCUT2D eigenvalue weighted by Crippen LogP contribution is -2.33. The minimum atomic E-state index is -6.06. The van der Waals surface area contributed by atoms with Crippen molar-refractivity contribution in [2.24, 2.45) is 0 Å². The van der Waals surface area contributed by atoms with Gasteiger partial charge in [-0.15, -0.1) is 5.10 Å². The van der Waals surface area contributed by atoms with E-state index in [9.17, 15) is 44.3 Å². The summed E-state index contributed by atoms with van der Waals surface area (Å²) in [6.07, 6.45) is -12.3. The molecule has 0 radical (unpaired) electrons. The number of alkyl halides is 9. The first-order chi connectivity index (χ1) is 20.8. The number of thioether (sulfide) groups is 1. The molecule has 0 aromatic carbocycles. The van der Waals surface area contributed by atoms with E-state index >= 15 is 0 Å². The number of nitrogens with one attached hydrogen (secondary N) is 1. The van der Waals surface area contributed by atoms with Gasteiger partial charge >= 0.3 is 24.5 Å². The molecule has 1 saturated heterocycles. The average Bonchev–Trinajstić information content (AvgIpc) is 3.35. The maximum atomic E-state index is 12.2. The molecule has 1 amide bonds. The Morgan fingerprint density at radius 2 is 1.42 bits per heavy atom. The summed E-state index contributed by atoms with van der Waals surface area (Å²) in [5, 5.41) is 28.3. The van der Waals surface area contributed by atoms with Crippen molar-refractivity contribution in [3.8, 4) is 0 Å². The lowest BCUT2D eigenvalue weighted by atomic mass is 10.3. The maximum absolute atomic E-state index is 12.2. The second kappa shape index (κ2) is 18.7. The normalized spacial score (nSPS) is 12.7. The second-order valence-corrected chi connectivity index (χ2v) is 8.65. The Balaban J connectivity index is 0.000000760. The Kier molecular flexibility index (Phi) is 16.7. The summed E-state index contributed by atoms with van der Waals surface area (Å²) in [5.41, 5.74) is 1.20. The molecule has 0 spiro atoms. The SMILES string of the molecule is FC(F)(F)C(F)(F)F.O=C(Nc1cn2nc(N3CCSCC3)ccc2n1)c1cccnc1.O=C(O)C(F)(F)F.O=CO.O=CO. The summed E-state index contributed by atoms with van der Waals surface area (Å²) < 4.78 is 96.1. The quantitative estimate of drug-likeness (QED) is 0.229. The van der Waals surface area contributed by atoms with Crippen molar-refractivity contribution in [2.45, 2.75) is 18.5 Å². The molecule has 0 unspecified atom stereocenters. The fourth-order valence-corrected chi connectivity index (χ4v) is 3.48. The van der Waals surface area contributed by atoms with Gasteiger partial charge in [0.05, 0.1) is 11.8 Å². The molecule has 0 bridgehead atoms. The summed E-state index contributed by atoms with van der Waals surface area (Å²) in [7, 11) is 0. The predicted octanol–water partition coefficient (Wildman–Crippen LogP) is 4.08. The highest BCUT2D eigenvalue weighted by Crippen LogP contribution is 2.35. The number of nitrogens with zero attached hydrogens (tertiary/aromatic N) is 5. The number of hydrogen-bond donors (Lipinski definition) is 4. The van der Waals surface area contributed by atoms with Crippen molar-refractivity contribution in [3.63, 3.8) is 0 Å². The number of carbonyl (C=O) groups excluding carboxylic acids is 1. The van der Waals surface area contributed by atoms with E-state index < -0.39 is 24.5 Å². The molecule has 4 N–H and O–H groups in total. The number of anilines is 2. The second-order valence-electron chi connectivity index (χ2n) is 7.42. The smallest absolute Gasteiger partial charge is 0.483 e. The first kappa shape index (κ1) is 40.2. The Hall–Kier alpha value is -4.83. The number of rotatable bonds is 3. The van der Waals surface area contributed by atoms with E-state index in [1.165, 1.54) is 6.20 Å². The van der Waals surface area contributed by atoms with Crippen LogP contribution in [-0.4, -0.2) is 103 Å². The molecule has 3 aromatic rings. The van der Waals surface area contributed by atoms with Gasteiger partial charge in [0, 0.05) is 37.0 Å². The molecular formula is C22H21F9N6O7S. The van der Waals surface area contributed by atoms with Crippen molar-refractivity contribution in [1.29, 1.82) is 0 Å². The molecule has 0 aliphatic carbocycles. The van der Waals surface area contributed by atoms with E-state index in [1.54, 1.807) is 29.0 Å². The van der Waals surface area contributed by atoms with E-state index in [0.717, 1.165) is 30.4 Å². The average molecular weight is 684 g/mol. The highest BCUT2D eigenvalue weighted by Gasteiger charge is 2.58. The van der Waals surface area contributed by atoms with Gasteiger partial charge in [-0.2, -0.15) is 51.3 Å². The van der Waals surface area contributed by atoms with Gasteiger partial charge in [0.1, 0.15) is 5.82 Å². The van der Waals surface area contributed by atoms with Crippen LogP contribution >= 0.6 is 11.8 Å². The summed E-state index contributed by atoms with van der Waals surface area (Å²) in [6.45, 7) is 1.50. The van der Waals surface area contributed by atoms with Gasteiger partial charge in [-0.1, -0.05) is 0 Å². The van der Waals surface area contributed by atoms with Crippen LogP contribution in [0.5, 0.6) is 0 Å². The first-order valence-electron chi connectivity index (χ1n) is 11.3. The van der Waals surface area contributed by atoms with Gasteiger partial charge in [-0.3, -0.25) is 19.4 Å². The molecule has 0 atom stereocenters. The maximum Gasteiger partial charge on any atom is 0.490 e. The molecule has 13 nitrogen and oxygen atoms in total. The highest BCUT2D eigenvalue weighted by molar-refractivity contribution is 7.99. The van der Waals surface area contributed by atoms with Gasteiger partial charge in [0.25, 0.3) is 18.9 Å². The number of imidazole rings is 1. The number of hydrogen-bond acceptors (Lipinski definition) is 9. The minimum absolute atomic E-state index is 0.236. The van der Waals surface area contributed by atoms with E-state index in [4.69, 9.17) is 29.7 Å². The van der Waals surface area contributed by atoms with Crippen molar-refractivity contribution < 1.29 is 74.0 Å². The predicted molar refractivity (Wildman–Crippen MR) is 138 cm³/mol. The van der Waals surface area contributed by atoms with E-state index in [-0.39, 0.29) is 18.9 Å². The molecule has 250 valence electrons. The molecule has 1 aliphatic heterocycles. The van der Waals surface area contributed by atoms with Crippen molar-refractivity contribution in [1.82, 2.24) is 19.6 Å². The zero-order valence-electron chi connectivity index (χ0n) is 22.0. The topological polar surface area (TPSA) is 187 Å². The van der Waals surface area contributed by atoms with E-state index in [2.05, 4.69) is 25.3 Å². The van der Waals surface area contributed by atoms with Gasteiger partial charge in [-0.25, -0.2) is 14.3 Å². The number of aromatic nitrogens is 4. The molecule has 4 rings (SSSR count). The first-order valence-corrected chi connectivity index (χ1v) is 12.5. The van der Waals surface area contributed by atoms with Gasteiger partial charge < -0.3 is 25.5 Å². The lowest BCUT2D eigenvalue weighted by molar-refractivity contribution is -0.339. The highest BCUT2D eigenvalue weighted by atomic mass is 32.2. The zero-order valence-corrected chi connectivity index (χ0v) is 22.9. The fourth-order valence-electron chi connectivity index (χ4n) is 2.58. The number of halogens is 9. The van der Waals surface area contributed by atoms with E-state index in [0.29, 0.717) is 17.0 Å². The van der Waals surface area contributed by atoms with Crippen LogP contribution in [-0.2, 0) is 14.4 Å². The Bertz CT molecular complexity index is 1330. The van der Waals surface area contributed by atoms with Crippen molar-refractivity contribution in [2.75, 3.05) is 34.8 Å². The molecule has 1 aliphatic rings. The Labute approximate surface area is 249 Å². The van der Waals surface area contributed by atoms with Crippen LogP contribution in [0.15, 0.2) is 42.9 Å². The van der Waals surface area contributed by atoms with Gasteiger partial charge in [0.15, 0.2) is 11.5 Å². The molecule has 23 heteroatoms. The molecule has 45 heavy (non-hydrogen) atoms. The number of carboxylic acids is 1. The largest absolute Gasteiger partial charge is 0.490 e. The third-order valence-corrected chi connectivity index (χ3v) is 5.31. The standard InChI is InChI=1S/C16H16N6OS.C2F6.C2HF3O2.2CH2O2/c23-16(12-2-1-5-17-10-12)19-13-11-22-14(18-13)3-4-15(20-22)21-6-8-24-9-7-21;3-1(4,5)2(6,7)8;3-2(4,5)1(6)7;2*2-1-3/h1-5,10-11H,6-9H2,(H,19,23);;(H,6,7);2*1H,(H,2,3). The molecule has 3 aromatic heterocycles. The number of aliphatic carboxylic acids is 1.